The number of carbonyl (C=O) groups excluding carboxylic acids is 1. The van der Waals surface area contributed by atoms with Crippen molar-refractivity contribution in [2.75, 3.05) is 0 Å². The van der Waals surface area contributed by atoms with Crippen LogP contribution in [0.5, 0.6) is 0 Å². The molecule has 1 heterocycles. The second-order valence-electron chi connectivity index (χ2n) is 3.18. The van der Waals surface area contributed by atoms with E-state index in [9.17, 15) is 4.79 Å². The predicted molar refractivity (Wildman–Crippen MR) is 59.1 cm³/mol. The molecule has 0 aliphatic rings. The molecule has 0 radical (unpaired) electrons. The van der Waals surface area contributed by atoms with Gasteiger partial charge in [0, 0.05) is 28.6 Å². The van der Waals surface area contributed by atoms with Crippen molar-refractivity contribution in [2.45, 2.75) is 0 Å². The lowest BCUT2D eigenvalue weighted by molar-refractivity contribution is 0.100. The van der Waals surface area contributed by atoms with E-state index in [0.29, 0.717) is 5.56 Å². The van der Waals surface area contributed by atoms with E-state index in [1.165, 1.54) is 0 Å². The first-order valence-corrected chi connectivity index (χ1v) is 4.93. The standard InChI is InChI=1S/C10H9BrN2O/c1-13-5-8(10(12)14)7-4-6(11)2-3-9(7)13/h2-5H,1H3,(H2,12,14). The van der Waals surface area contributed by atoms with Crippen LogP contribution in [0.1, 0.15) is 10.4 Å². The van der Waals surface area contributed by atoms with Crippen molar-refractivity contribution in [3.8, 4) is 0 Å². The Hall–Kier alpha value is -1.29. The summed E-state index contributed by atoms with van der Waals surface area (Å²) in [6.07, 6.45) is 1.75. The van der Waals surface area contributed by atoms with Gasteiger partial charge in [0.15, 0.2) is 0 Å². The molecule has 2 aromatic rings. The zero-order chi connectivity index (χ0) is 10.3. The zero-order valence-electron chi connectivity index (χ0n) is 7.62. The van der Waals surface area contributed by atoms with Gasteiger partial charge in [0.25, 0.3) is 5.91 Å². The van der Waals surface area contributed by atoms with Crippen LogP contribution in [0.15, 0.2) is 28.9 Å². The molecule has 0 saturated carbocycles. The van der Waals surface area contributed by atoms with Gasteiger partial charge in [-0.25, -0.2) is 0 Å². The fraction of sp³-hybridized carbons (Fsp3) is 0.100. The van der Waals surface area contributed by atoms with Gasteiger partial charge >= 0.3 is 0 Å². The summed E-state index contributed by atoms with van der Waals surface area (Å²) in [4.78, 5) is 11.1. The smallest absolute Gasteiger partial charge is 0.250 e. The van der Waals surface area contributed by atoms with Crippen LogP contribution >= 0.6 is 15.9 Å². The number of hydrogen-bond donors (Lipinski definition) is 1. The van der Waals surface area contributed by atoms with E-state index >= 15 is 0 Å². The van der Waals surface area contributed by atoms with Crippen LogP contribution in [0, 0.1) is 0 Å². The maximum atomic E-state index is 11.1. The number of nitrogens with zero attached hydrogens (tertiary/aromatic N) is 1. The number of hydrogen-bond acceptors (Lipinski definition) is 1. The van der Waals surface area contributed by atoms with Crippen LogP contribution in [-0.2, 0) is 7.05 Å². The first-order valence-electron chi connectivity index (χ1n) is 4.14. The van der Waals surface area contributed by atoms with Crippen molar-refractivity contribution >= 4 is 32.7 Å². The molecule has 0 fully saturated rings. The van der Waals surface area contributed by atoms with E-state index < -0.39 is 5.91 Å². The van der Waals surface area contributed by atoms with Crippen molar-refractivity contribution < 1.29 is 4.79 Å². The molecule has 1 amide bonds. The highest BCUT2D eigenvalue weighted by Gasteiger charge is 2.10. The lowest BCUT2D eigenvalue weighted by atomic mass is 10.2. The van der Waals surface area contributed by atoms with E-state index in [-0.39, 0.29) is 0 Å². The van der Waals surface area contributed by atoms with Crippen molar-refractivity contribution in [2.24, 2.45) is 12.8 Å². The van der Waals surface area contributed by atoms with Gasteiger partial charge in [-0.2, -0.15) is 0 Å². The van der Waals surface area contributed by atoms with Gasteiger partial charge in [0.05, 0.1) is 5.56 Å². The summed E-state index contributed by atoms with van der Waals surface area (Å²) in [7, 11) is 1.89. The molecule has 0 aliphatic heterocycles. The Labute approximate surface area is 89.6 Å². The van der Waals surface area contributed by atoms with Gasteiger partial charge in [-0.3, -0.25) is 4.79 Å². The molecule has 3 nitrogen and oxygen atoms in total. The topological polar surface area (TPSA) is 48.0 Å². The van der Waals surface area contributed by atoms with Gasteiger partial charge in [0.2, 0.25) is 0 Å². The van der Waals surface area contributed by atoms with Crippen molar-refractivity contribution in [3.63, 3.8) is 0 Å². The third-order valence-corrected chi connectivity index (χ3v) is 2.71. The third-order valence-electron chi connectivity index (χ3n) is 2.22. The van der Waals surface area contributed by atoms with Crippen LogP contribution < -0.4 is 5.73 Å². The average Bonchev–Trinajstić information content (AvgIpc) is 2.43. The van der Waals surface area contributed by atoms with Gasteiger partial charge in [0.1, 0.15) is 0 Å². The third kappa shape index (κ3) is 1.32. The molecule has 14 heavy (non-hydrogen) atoms. The number of carbonyl (C=O) groups is 1. The average molecular weight is 253 g/mol. The van der Waals surface area contributed by atoms with Gasteiger partial charge < -0.3 is 10.3 Å². The lowest BCUT2D eigenvalue weighted by Crippen LogP contribution is -2.09. The zero-order valence-corrected chi connectivity index (χ0v) is 9.21. The van der Waals surface area contributed by atoms with Gasteiger partial charge in [-0.1, -0.05) is 15.9 Å². The van der Waals surface area contributed by atoms with Crippen LogP contribution in [0.4, 0.5) is 0 Å². The van der Waals surface area contributed by atoms with Crippen LogP contribution in [-0.4, -0.2) is 10.5 Å². The Balaban J connectivity index is 2.85. The van der Waals surface area contributed by atoms with Crippen LogP contribution in [0.3, 0.4) is 0 Å². The summed E-state index contributed by atoms with van der Waals surface area (Å²) in [6, 6.07) is 5.79. The first-order chi connectivity index (χ1) is 6.59. The Morgan fingerprint density at radius 3 is 2.86 bits per heavy atom. The minimum Gasteiger partial charge on any atom is -0.366 e. The SMILES string of the molecule is Cn1cc(C(N)=O)c2cc(Br)ccc21. The summed E-state index contributed by atoms with van der Waals surface area (Å²) in [5, 5.41) is 0.884. The monoisotopic (exact) mass is 252 g/mol. The predicted octanol–water partition coefficient (Wildman–Crippen LogP) is 2.04. The van der Waals surface area contributed by atoms with Gasteiger partial charge in [-0.15, -0.1) is 0 Å². The van der Waals surface area contributed by atoms with E-state index in [4.69, 9.17) is 5.73 Å². The largest absolute Gasteiger partial charge is 0.366 e. The molecule has 0 bridgehead atoms. The maximum absolute atomic E-state index is 11.1. The fourth-order valence-corrected chi connectivity index (χ4v) is 1.92. The molecule has 0 aliphatic carbocycles. The molecule has 1 aromatic heterocycles. The number of benzene rings is 1. The molecule has 0 spiro atoms. The number of aryl methyl sites for hydroxylation is 1. The van der Waals surface area contributed by atoms with E-state index in [2.05, 4.69) is 15.9 Å². The Kier molecular flexibility index (Phi) is 2.07. The lowest BCUT2D eigenvalue weighted by Gasteiger charge is -1.95. The Morgan fingerprint density at radius 1 is 1.50 bits per heavy atom. The normalized spacial score (nSPS) is 10.7. The molecule has 0 unspecified atom stereocenters. The van der Waals surface area contributed by atoms with Crippen LogP contribution in [0.2, 0.25) is 0 Å². The number of halogens is 1. The Morgan fingerprint density at radius 2 is 2.21 bits per heavy atom. The molecule has 4 heteroatoms. The molecule has 0 saturated heterocycles. The summed E-state index contributed by atoms with van der Waals surface area (Å²) >= 11 is 3.36. The highest BCUT2D eigenvalue weighted by atomic mass is 79.9. The highest BCUT2D eigenvalue weighted by Crippen LogP contribution is 2.24. The second-order valence-corrected chi connectivity index (χ2v) is 4.10. The number of amides is 1. The molecule has 72 valence electrons. The minimum absolute atomic E-state index is 0.395. The summed E-state index contributed by atoms with van der Waals surface area (Å²) in [6.45, 7) is 0. The van der Waals surface area contributed by atoms with Crippen molar-refractivity contribution in [1.29, 1.82) is 0 Å². The summed E-state index contributed by atoms with van der Waals surface area (Å²) in [5.74, 6) is -0.395. The first kappa shape index (κ1) is 9.27. The molecule has 0 atom stereocenters. The van der Waals surface area contributed by atoms with E-state index in [1.807, 2.05) is 29.8 Å². The number of primary amides is 1. The summed E-state index contributed by atoms with van der Waals surface area (Å²) in [5.41, 5.74) is 6.84. The van der Waals surface area contributed by atoms with Crippen LogP contribution in [0.25, 0.3) is 10.9 Å². The second kappa shape index (κ2) is 3.13. The number of aromatic nitrogens is 1. The summed E-state index contributed by atoms with van der Waals surface area (Å²) < 4.78 is 2.83. The van der Waals surface area contributed by atoms with Crippen molar-refractivity contribution in [1.82, 2.24) is 4.57 Å². The molecule has 2 N–H and O–H groups in total. The highest BCUT2D eigenvalue weighted by molar-refractivity contribution is 9.10. The number of fused-ring (bicyclic) bond motifs is 1. The number of rotatable bonds is 1. The quantitative estimate of drug-likeness (QED) is 0.830. The van der Waals surface area contributed by atoms with E-state index in [1.54, 1.807) is 6.20 Å². The maximum Gasteiger partial charge on any atom is 0.250 e. The molecular weight excluding hydrogens is 244 g/mol. The molecule has 2 rings (SSSR count). The minimum atomic E-state index is -0.395. The van der Waals surface area contributed by atoms with Crippen molar-refractivity contribution in [3.05, 3.63) is 34.4 Å². The van der Waals surface area contributed by atoms with Gasteiger partial charge in [-0.05, 0) is 18.2 Å². The molecule has 1 aromatic carbocycles. The van der Waals surface area contributed by atoms with E-state index in [0.717, 1.165) is 15.4 Å². The Bertz CT molecular complexity index is 516. The number of nitrogens with two attached hydrogens (primary N) is 1. The fourth-order valence-electron chi connectivity index (χ4n) is 1.56. The molecular formula is C10H9BrN2O.